The van der Waals surface area contributed by atoms with Crippen LogP contribution in [0.2, 0.25) is 0 Å². The van der Waals surface area contributed by atoms with Crippen LogP contribution in [0.1, 0.15) is 26.3 Å². The van der Waals surface area contributed by atoms with Crippen molar-refractivity contribution in [3.63, 3.8) is 0 Å². The molecule has 0 aliphatic rings. The highest BCUT2D eigenvalue weighted by Crippen LogP contribution is 2.27. The Balaban J connectivity index is 3.03. The summed E-state index contributed by atoms with van der Waals surface area (Å²) in [6.07, 6.45) is 0. The normalized spacial score (nSPS) is 11.7. The average molecular weight is 363 g/mol. The van der Waals surface area contributed by atoms with Crippen LogP contribution in [0.3, 0.4) is 0 Å². The molecule has 20 heavy (non-hydrogen) atoms. The third kappa shape index (κ3) is 4.86. The Kier molecular flexibility index (Phi) is 7.76. The van der Waals surface area contributed by atoms with E-state index in [0.29, 0.717) is 25.9 Å². The summed E-state index contributed by atoms with van der Waals surface area (Å²) >= 11 is 3.57. The van der Waals surface area contributed by atoms with Crippen molar-refractivity contribution in [3.05, 3.63) is 28.2 Å². The monoisotopic (exact) mass is 362 g/mol. The van der Waals surface area contributed by atoms with Gasteiger partial charge in [0, 0.05) is 30.3 Å². The SMILES string of the molecule is CCO[Si](Cc1cc(OC)ccc1Br)(OCC)OCC. The van der Waals surface area contributed by atoms with Crippen LogP contribution in [-0.2, 0) is 19.3 Å². The van der Waals surface area contributed by atoms with Crippen LogP contribution in [0.15, 0.2) is 22.7 Å². The molecule has 0 saturated carbocycles. The second-order valence-corrected chi connectivity index (χ2v) is 7.56. The number of benzene rings is 1. The minimum absolute atomic E-state index is 0.577. The molecule has 0 radical (unpaired) electrons. The standard InChI is InChI=1S/C14H23BrO4Si/c1-5-17-20(18-6-2,19-7-3)11-12-10-13(16-4)8-9-14(12)15/h8-10H,5-7,11H2,1-4H3. The summed E-state index contributed by atoms with van der Waals surface area (Å²) in [6, 6.07) is 6.50. The topological polar surface area (TPSA) is 36.9 Å². The van der Waals surface area contributed by atoms with Gasteiger partial charge >= 0.3 is 8.80 Å². The molecular weight excluding hydrogens is 340 g/mol. The van der Waals surface area contributed by atoms with Gasteiger partial charge in [0.15, 0.2) is 0 Å². The molecule has 6 heteroatoms. The zero-order valence-corrected chi connectivity index (χ0v) is 15.2. The Morgan fingerprint density at radius 1 is 1.00 bits per heavy atom. The molecule has 4 nitrogen and oxygen atoms in total. The molecule has 0 atom stereocenters. The molecule has 0 aliphatic carbocycles. The van der Waals surface area contributed by atoms with E-state index in [0.717, 1.165) is 15.8 Å². The van der Waals surface area contributed by atoms with E-state index in [1.54, 1.807) is 7.11 Å². The number of halogens is 1. The van der Waals surface area contributed by atoms with Gasteiger partial charge in [-0.15, -0.1) is 0 Å². The van der Waals surface area contributed by atoms with Gasteiger partial charge in [-0.25, -0.2) is 0 Å². The van der Waals surface area contributed by atoms with E-state index in [2.05, 4.69) is 15.9 Å². The van der Waals surface area contributed by atoms with Crippen LogP contribution in [0.4, 0.5) is 0 Å². The lowest BCUT2D eigenvalue weighted by Gasteiger charge is -2.29. The number of rotatable bonds is 9. The molecule has 1 aromatic carbocycles. The quantitative estimate of drug-likeness (QED) is 0.629. The van der Waals surface area contributed by atoms with Crippen LogP contribution in [0, 0.1) is 0 Å². The Bertz CT molecular complexity index is 397. The molecule has 114 valence electrons. The number of hydrogen-bond acceptors (Lipinski definition) is 4. The predicted octanol–water partition coefficient (Wildman–Crippen LogP) is 3.59. The van der Waals surface area contributed by atoms with Gasteiger partial charge in [-0.3, -0.25) is 0 Å². The Morgan fingerprint density at radius 3 is 2.00 bits per heavy atom. The van der Waals surface area contributed by atoms with Gasteiger partial charge in [0.25, 0.3) is 0 Å². The van der Waals surface area contributed by atoms with Gasteiger partial charge in [-0.05, 0) is 44.5 Å². The highest BCUT2D eigenvalue weighted by molar-refractivity contribution is 9.10. The predicted molar refractivity (Wildman–Crippen MR) is 85.0 cm³/mol. The maximum Gasteiger partial charge on any atom is 0.505 e. The molecule has 0 saturated heterocycles. The van der Waals surface area contributed by atoms with E-state index in [-0.39, 0.29) is 0 Å². The first-order valence-electron chi connectivity index (χ1n) is 6.85. The molecule has 0 N–H and O–H groups in total. The van der Waals surface area contributed by atoms with Crippen molar-refractivity contribution in [2.24, 2.45) is 0 Å². The van der Waals surface area contributed by atoms with Gasteiger partial charge < -0.3 is 18.0 Å². The van der Waals surface area contributed by atoms with E-state index in [1.807, 2.05) is 39.0 Å². The van der Waals surface area contributed by atoms with Crippen molar-refractivity contribution >= 4 is 24.7 Å². The molecule has 0 amide bonds. The molecule has 0 spiro atoms. The van der Waals surface area contributed by atoms with Crippen molar-refractivity contribution in [2.45, 2.75) is 26.8 Å². The highest BCUT2D eigenvalue weighted by atomic mass is 79.9. The molecule has 0 unspecified atom stereocenters. The molecule has 0 aromatic heterocycles. The van der Waals surface area contributed by atoms with Crippen LogP contribution in [0.5, 0.6) is 5.75 Å². The van der Waals surface area contributed by atoms with Gasteiger partial charge in [0.05, 0.1) is 7.11 Å². The lowest BCUT2D eigenvalue weighted by Crippen LogP contribution is -2.48. The molecule has 0 fully saturated rings. The van der Waals surface area contributed by atoms with Gasteiger partial charge in [-0.2, -0.15) is 0 Å². The maximum absolute atomic E-state index is 5.88. The van der Waals surface area contributed by atoms with Crippen molar-refractivity contribution in [1.82, 2.24) is 0 Å². The summed E-state index contributed by atoms with van der Waals surface area (Å²) < 4.78 is 23.9. The summed E-state index contributed by atoms with van der Waals surface area (Å²) in [5.74, 6) is 0.815. The van der Waals surface area contributed by atoms with Gasteiger partial charge in [0.1, 0.15) is 5.75 Å². The second kappa shape index (κ2) is 8.79. The lowest BCUT2D eigenvalue weighted by atomic mass is 10.2. The largest absolute Gasteiger partial charge is 0.505 e. The van der Waals surface area contributed by atoms with E-state index in [4.69, 9.17) is 18.0 Å². The second-order valence-electron chi connectivity index (χ2n) is 4.12. The molecular formula is C14H23BrO4Si. The molecule has 0 aliphatic heterocycles. The van der Waals surface area contributed by atoms with E-state index >= 15 is 0 Å². The molecule has 0 heterocycles. The number of methoxy groups -OCH3 is 1. The van der Waals surface area contributed by atoms with Crippen LogP contribution >= 0.6 is 15.9 Å². The van der Waals surface area contributed by atoms with Crippen LogP contribution in [-0.4, -0.2) is 35.7 Å². The Labute approximate surface area is 130 Å². The fourth-order valence-electron chi connectivity index (χ4n) is 1.98. The Hall–Kier alpha value is -0.403. The summed E-state index contributed by atoms with van der Waals surface area (Å²) in [4.78, 5) is 0. The van der Waals surface area contributed by atoms with E-state index in [1.165, 1.54) is 0 Å². The van der Waals surface area contributed by atoms with Crippen molar-refractivity contribution < 1.29 is 18.0 Å². The van der Waals surface area contributed by atoms with E-state index < -0.39 is 8.80 Å². The molecule has 0 bridgehead atoms. The molecule has 1 rings (SSSR count). The van der Waals surface area contributed by atoms with Crippen molar-refractivity contribution in [3.8, 4) is 5.75 Å². The fourth-order valence-corrected chi connectivity index (χ4v) is 5.26. The maximum atomic E-state index is 5.88. The third-order valence-electron chi connectivity index (χ3n) is 2.75. The summed E-state index contributed by atoms with van der Waals surface area (Å²) in [5, 5.41) is 0. The van der Waals surface area contributed by atoms with Crippen molar-refractivity contribution in [2.75, 3.05) is 26.9 Å². The summed E-state index contributed by atoms with van der Waals surface area (Å²) in [7, 11) is -1.03. The van der Waals surface area contributed by atoms with Crippen LogP contribution < -0.4 is 4.74 Å². The molecule has 1 aromatic rings. The third-order valence-corrected chi connectivity index (χ3v) is 6.53. The fraction of sp³-hybridized carbons (Fsp3) is 0.571. The minimum atomic E-state index is -2.69. The average Bonchev–Trinajstić information content (AvgIpc) is 2.42. The lowest BCUT2D eigenvalue weighted by molar-refractivity contribution is 0.0703. The zero-order chi connectivity index (χ0) is 15.0. The number of ether oxygens (including phenoxy) is 1. The Morgan fingerprint density at radius 2 is 1.55 bits per heavy atom. The summed E-state index contributed by atoms with van der Waals surface area (Å²) in [5.41, 5.74) is 1.08. The summed E-state index contributed by atoms with van der Waals surface area (Å²) in [6.45, 7) is 7.61. The van der Waals surface area contributed by atoms with E-state index in [9.17, 15) is 0 Å². The number of hydrogen-bond donors (Lipinski definition) is 0. The van der Waals surface area contributed by atoms with Gasteiger partial charge in [-0.1, -0.05) is 15.9 Å². The first kappa shape index (κ1) is 17.6. The van der Waals surface area contributed by atoms with Crippen LogP contribution in [0.25, 0.3) is 0 Å². The minimum Gasteiger partial charge on any atom is -0.497 e. The zero-order valence-electron chi connectivity index (χ0n) is 12.6. The highest BCUT2D eigenvalue weighted by Gasteiger charge is 2.41. The van der Waals surface area contributed by atoms with Gasteiger partial charge in [0.2, 0.25) is 0 Å². The first-order valence-corrected chi connectivity index (χ1v) is 9.57. The smallest absolute Gasteiger partial charge is 0.497 e. The van der Waals surface area contributed by atoms with Crippen molar-refractivity contribution in [1.29, 1.82) is 0 Å². The first-order chi connectivity index (χ1) is 9.60.